The van der Waals surface area contributed by atoms with Crippen LogP contribution in [0.4, 0.5) is 0 Å². The Bertz CT molecular complexity index is 1040. The van der Waals surface area contributed by atoms with E-state index >= 15 is 0 Å². The molecule has 5 atom stereocenters. The van der Waals surface area contributed by atoms with Gasteiger partial charge in [-0.2, -0.15) is 0 Å². The molecule has 2 saturated heterocycles. The van der Waals surface area contributed by atoms with Crippen molar-refractivity contribution in [1.82, 2.24) is 4.57 Å². The summed E-state index contributed by atoms with van der Waals surface area (Å²) in [7, 11) is -3.91. The fraction of sp³-hybridized carbons (Fsp3) is 0.571. The lowest BCUT2D eigenvalue weighted by Crippen LogP contribution is -2.46. The largest absolute Gasteiger partial charge is 0.376 e. The molecule has 2 aromatic rings. The van der Waals surface area contributed by atoms with E-state index < -0.39 is 37.3 Å². The molecule has 3 heterocycles. The Morgan fingerprint density at radius 1 is 1.27 bits per heavy atom. The number of benzene rings is 1. The zero-order chi connectivity index (χ0) is 21.7. The molecule has 4 rings (SSSR count). The zero-order valence-electron chi connectivity index (χ0n) is 17.6. The Hall–Kier alpha value is -1.54. The van der Waals surface area contributed by atoms with Crippen LogP contribution in [0.25, 0.3) is 10.8 Å². The van der Waals surface area contributed by atoms with Gasteiger partial charge in [0, 0.05) is 11.6 Å². The molecule has 1 aromatic carbocycles. The summed E-state index contributed by atoms with van der Waals surface area (Å²) in [4.78, 5) is 23.5. The number of fused-ring (bicyclic) bond motifs is 3. The van der Waals surface area contributed by atoms with Gasteiger partial charge < -0.3 is 19.1 Å². The van der Waals surface area contributed by atoms with E-state index in [1.807, 2.05) is 32.0 Å². The maximum absolute atomic E-state index is 13.1. The first-order valence-corrected chi connectivity index (χ1v) is 11.8. The van der Waals surface area contributed by atoms with Crippen LogP contribution in [0.2, 0.25) is 0 Å². The highest BCUT2D eigenvalue weighted by molar-refractivity contribution is 7.53. The predicted octanol–water partition coefficient (Wildman–Crippen LogP) is 3.07. The molecule has 8 nitrogen and oxygen atoms in total. The number of aromatic nitrogens is 1. The highest BCUT2D eigenvalue weighted by Crippen LogP contribution is 2.56. The third-order valence-corrected chi connectivity index (χ3v) is 7.50. The van der Waals surface area contributed by atoms with Crippen LogP contribution >= 0.6 is 7.60 Å². The standard InChI is InChI=1S/C21H28NO7P/c1-13(2)26-11-21-12-27-17(18(21)29-30(24,25)14(3)4)20(28-21)22-10-9-15-7-5-6-8-16(15)19(22)23/h5-10,13-14,17-18,20H,11-12H2,1-4H3,(H,24,25)/t17-,18-,20+,21-/m0/s1. The smallest absolute Gasteiger partial charge is 0.331 e. The van der Waals surface area contributed by atoms with Gasteiger partial charge in [0.15, 0.2) is 6.23 Å². The molecule has 1 N–H and O–H groups in total. The van der Waals surface area contributed by atoms with Gasteiger partial charge in [0.2, 0.25) is 0 Å². The van der Waals surface area contributed by atoms with E-state index in [0.29, 0.717) is 5.39 Å². The van der Waals surface area contributed by atoms with Crippen LogP contribution in [0.1, 0.15) is 33.9 Å². The lowest BCUT2D eigenvalue weighted by Gasteiger charge is -2.32. The maximum atomic E-state index is 13.1. The molecule has 0 spiro atoms. The number of hydrogen-bond acceptors (Lipinski definition) is 6. The van der Waals surface area contributed by atoms with E-state index in [9.17, 15) is 14.3 Å². The Morgan fingerprint density at radius 3 is 2.70 bits per heavy atom. The normalized spacial score (nSPS) is 30.4. The SMILES string of the molecule is CC(C)OC[C@@]12CO[C@H]([C@H](n3ccc4ccccc4c3=O)O1)[C@@H]2OP(=O)(O)C(C)C. The lowest BCUT2D eigenvalue weighted by molar-refractivity contribution is -0.197. The number of nitrogens with zero attached hydrogens (tertiary/aromatic N) is 1. The van der Waals surface area contributed by atoms with Crippen LogP contribution in [-0.4, -0.2) is 52.2 Å². The molecular weight excluding hydrogens is 409 g/mol. The van der Waals surface area contributed by atoms with Gasteiger partial charge >= 0.3 is 7.60 Å². The zero-order valence-corrected chi connectivity index (χ0v) is 18.5. The average Bonchev–Trinajstić information content (AvgIpc) is 3.18. The summed E-state index contributed by atoms with van der Waals surface area (Å²) < 4.78 is 37.9. The van der Waals surface area contributed by atoms with Gasteiger partial charge in [-0.1, -0.05) is 32.0 Å². The van der Waals surface area contributed by atoms with Crippen molar-refractivity contribution < 1.29 is 28.2 Å². The van der Waals surface area contributed by atoms with Gasteiger partial charge in [-0.05, 0) is 31.4 Å². The van der Waals surface area contributed by atoms with Gasteiger partial charge in [0.25, 0.3) is 5.56 Å². The van der Waals surface area contributed by atoms with E-state index in [0.717, 1.165) is 5.39 Å². The molecule has 164 valence electrons. The number of pyridine rings is 1. The first-order chi connectivity index (χ1) is 14.1. The van der Waals surface area contributed by atoms with E-state index in [4.69, 9.17) is 18.7 Å². The fourth-order valence-electron chi connectivity index (χ4n) is 3.87. The summed E-state index contributed by atoms with van der Waals surface area (Å²) in [5, 5.41) is 1.39. The predicted molar refractivity (Wildman–Crippen MR) is 112 cm³/mol. The summed E-state index contributed by atoms with van der Waals surface area (Å²) >= 11 is 0. The Balaban J connectivity index is 1.73. The van der Waals surface area contributed by atoms with Gasteiger partial charge in [-0.15, -0.1) is 0 Å². The van der Waals surface area contributed by atoms with Gasteiger partial charge in [-0.3, -0.25) is 18.5 Å². The van der Waals surface area contributed by atoms with Gasteiger partial charge in [-0.25, -0.2) is 0 Å². The average molecular weight is 437 g/mol. The second kappa shape index (κ2) is 7.86. The molecule has 1 unspecified atom stereocenters. The van der Waals surface area contributed by atoms with Crippen LogP contribution < -0.4 is 5.56 Å². The maximum Gasteiger partial charge on any atom is 0.331 e. The third-order valence-electron chi connectivity index (χ3n) is 5.67. The van der Waals surface area contributed by atoms with E-state index in [-0.39, 0.29) is 24.9 Å². The monoisotopic (exact) mass is 437 g/mol. The number of hydrogen-bond donors (Lipinski definition) is 1. The summed E-state index contributed by atoms with van der Waals surface area (Å²) in [5.41, 5.74) is -1.87. The van der Waals surface area contributed by atoms with Crippen LogP contribution in [0.3, 0.4) is 0 Å². The quantitative estimate of drug-likeness (QED) is 0.665. The summed E-state index contributed by atoms with van der Waals surface area (Å²) in [5.74, 6) is 0. The van der Waals surface area contributed by atoms with Gasteiger partial charge in [0.1, 0.15) is 17.8 Å². The van der Waals surface area contributed by atoms with E-state index in [2.05, 4.69) is 0 Å². The van der Waals surface area contributed by atoms with Crippen molar-refractivity contribution in [2.75, 3.05) is 13.2 Å². The van der Waals surface area contributed by atoms with Crippen LogP contribution in [-0.2, 0) is 23.3 Å². The Kier molecular flexibility index (Phi) is 5.68. The molecular formula is C21H28NO7P. The summed E-state index contributed by atoms with van der Waals surface area (Å²) in [6.45, 7) is 7.33. The Morgan fingerprint density at radius 2 is 2.00 bits per heavy atom. The molecule has 0 saturated carbocycles. The lowest BCUT2D eigenvalue weighted by atomic mass is 10.0. The molecule has 1 aromatic heterocycles. The molecule has 30 heavy (non-hydrogen) atoms. The molecule has 0 aliphatic carbocycles. The summed E-state index contributed by atoms with van der Waals surface area (Å²) in [6, 6.07) is 9.14. The first-order valence-electron chi connectivity index (χ1n) is 10.2. The van der Waals surface area contributed by atoms with Crippen molar-refractivity contribution in [3.05, 3.63) is 46.9 Å². The second-order valence-corrected chi connectivity index (χ2v) is 10.9. The topological polar surface area (TPSA) is 96.2 Å². The third kappa shape index (κ3) is 3.66. The van der Waals surface area contributed by atoms with Gasteiger partial charge in [0.05, 0.1) is 25.0 Å². The minimum absolute atomic E-state index is 0.0730. The Labute approximate surface area is 175 Å². The highest BCUT2D eigenvalue weighted by Gasteiger charge is 2.65. The van der Waals surface area contributed by atoms with Crippen LogP contribution in [0, 0.1) is 0 Å². The second-order valence-electron chi connectivity index (χ2n) is 8.51. The molecule has 2 bridgehead atoms. The number of ether oxygens (including phenoxy) is 3. The van der Waals surface area contributed by atoms with Crippen molar-refractivity contribution in [3.63, 3.8) is 0 Å². The first kappa shape index (κ1) is 21.7. The molecule has 2 fully saturated rings. The molecule has 2 aliphatic heterocycles. The molecule has 9 heteroatoms. The van der Waals surface area contributed by atoms with Crippen molar-refractivity contribution in [2.45, 2.75) is 63.5 Å². The number of rotatable bonds is 7. The van der Waals surface area contributed by atoms with Crippen LogP contribution in [0.5, 0.6) is 0 Å². The van der Waals surface area contributed by atoms with Crippen LogP contribution in [0.15, 0.2) is 41.3 Å². The van der Waals surface area contributed by atoms with Crippen molar-refractivity contribution in [2.24, 2.45) is 0 Å². The van der Waals surface area contributed by atoms with Crippen molar-refractivity contribution in [3.8, 4) is 0 Å². The molecule has 2 aliphatic rings. The van der Waals surface area contributed by atoms with Crippen molar-refractivity contribution in [1.29, 1.82) is 0 Å². The summed E-state index contributed by atoms with van der Waals surface area (Å²) in [6.07, 6.45) is -0.745. The minimum atomic E-state index is -3.91. The molecule has 0 amide bonds. The fourth-order valence-corrected chi connectivity index (χ4v) is 4.75. The van der Waals surface area contributed by atoms with E-state index in [1.165, 1.54) is 4.57 Å². The van der Waals surface area contributed by atoms with Crippen molar-refractivity contribution >= 4 is 18.4 Å². The molecule has 0 radical (unpaired) electrons. The minimum Gasteiger partial charge on any atom is -0.376 e. The van der Waals surface area contributed by atoms with E-state index in [1.54, 1.807) is 32.2 Å². The highest BCUT2D eigenvalue weighted by atomic mass is 31.2.